The number of nitrogens with one attached hydrogen (secondary N) is 1. The average Bonchev–Trinajstić information content (AvgIpc) is 2.60. The molecule has 0 atom stereocenters. The summed E-state index contributed by atoms with van der Waals surface area (Å²) in [6, 6.07) is 26.2. The van der Waals surface area contributed by atoms with Crippen molar-refractivity contribution in [3.8, 4) is 0 Å². The zero-order valence-electron chi connectivity index (χ0n) is 11.9. The molecule has 0 aliphatic carbocycles. The third-order valence-electron chi connectivity index (χ3n) is 4.38. The summed E-state index contributed by atoms with van der Waals surface area (Å²) in [6.45, 7) is 0. The number of hydrogen-bond acceptors (Lipinski definition) is 1. The predicted molar refractivity (Wildman–Crippen MR) is 96.2 cm³/mol. The lowest BCUT2D eigenvalue weighted by molar-refractivity contribution is 1.61. The molecule has 0 saturated carbocycles. The molecule has 22 heavy (non-hydrogen) atoms. The number of anilines is 2. The van der Waals surface area contributed by atoms with Gasteiger partial charge in [-0.1, -0.05) is 60.7 Å². The Morgan fingerprint density at radius 2 is 1.05 bits per heavy atom. The van der Waals surface area contributed by atoms with E-state index in [1.54, 1.807) is 0 Å². The summed E-state index contributed by atoms with van der Waals surface area (Å²) in [4.78, 5) is 0. The molecule has 0 spiro atoms. The highest BCUT2D eigenvalue weighted by atomic mass is 28.2. The van der Waals surface area contributed by atoms with Crippen LogP contribution < -0.4 is 15.7 Å². The molecular formula is C20H13NSi. The van der Waals surface area contributed by atoms with Crippen molar-refractivity contribution >= 4 is 52.8 Å². The minimum absolute atomic E-state index is 0.689. The fourth-order valence-corrected chi connectivity index (χ4v) is 4.83. The van der Waals surface area contributed by atoms with Crippen LogP contribution in [0.2, 0.25) is 0 Å². The molecule has 0 aromatic heterocycles. The van der Waals surface area contributed by atoms with E-state index >= 15 is 0 Å². The van der Waals surface area contributed by atoms with Gasteiger partial charge in [-0.15, -0.1) is 0 Å². The van der Waals surface area contributed by atoms with Gasteiger partial charge < -0.3 is 5.32 Å². The first-order valence-electron chi connectivity index (χ1n) is 7.48. The van der Waals surface area contributed by atoms with E-state index in [0.717, 1.165) is 0 Å². The van der Waals surface area contributed by atoms with Crippen LogP contribution in [-0.2, 0) is 0 Å². The van der Waals surface area contributed by atoms with Crippen LogP contribution in [-0.4, -0.2) is 9.52 Å². The lowest BCUT2D eigenvalue weighted by Gasteiger charge is -2.23. The van der Waals surface area contributed by atoms with E-state index in [4.69, 9.17) is 0 Å². The zero-order chi connectivity index (χ0) is 14.5. The molecule has 1 heterocycles. The predicted octanol–water partition coefficient (Wildman–Crippen LogP) is 3.71. The van der Waals surface area contributed by atoms with Crippen LogP contribution in [0.25, 0.3) is 21.5 Å². The fourth-order valence-electron chi connectivity index (χ4n) is 3.29. The van der Waals surface area contributed by atoms with E-state index in [-0.39, 0.29) is 0 Å². The molecule has 102 valence electrons. The summed E-state index contributed by atoms with van der Waals surface area (Å²) in [5, 5.41) is 11.9. The Balaban J connectivity index is 1.80. The van der Waals surface area contributed by atoms with Gasteiger partial charge in [-0.25, -0.2) is 0 Å². The smallest absolute Gasteiger partial charge is 0.128 e. The first-order valence-corrected chi connectivity index (χ1v) is 8.48. The minimum Gasteiger partial charge on any atom is -0.356 e. The molecule has 0 bridgehead atoms. The van der Waals surface area contributed by atoms with Gasteiger partial charge in [0.1, 0.15) is 9.52 Å². The highest BCUT2D eigenvalue weighted by molar-refractivity contribution is 6.76. The number of rotatable bonds is 0. The summed E-state index contributed by atoms with van der Waals surface area (Å²) < 4.78 is 0. The Hall–Kier alpha value is -2.58. The van der Waals surface area contributed by atoms with Crippen LogP contribution in [0.1, 0.15) is 0 Å². The van der Waals surface area contributed by atoms with Gasteiger partial charge in [-0.2, -0.15) is 0 Å². The maximum absolute atomic E-state index is 3.63. The average molecular weight is 295 g/mol. The first-order chi connectivity index (χ1) is 10.9. The van der Waals surface area contributed by atoms with Crippen LogP contribution in [0.5, 0.6) is 0 Å². The molecule has 0 unspecified atom stereocenters. The van der Waals surface area contributed by atoms with E-state index in [0.29, 0.717) is 9.52 Å². The molecule has 2 heteroatoms. The van der Waals surface area contributed by atoms with Crippen LogP contribution in [0.4, 0.5) is 11.4 Å². The second-order valence-electron chi connectivity index (χ2n) is 5.67. The van der Waals surface area contributed by atoms with Crippen molar-refractivity contribution in [3.63, 3.8) is 0 Å². The molecular weight excluding hydrogens is 282 g/mol. The van der Waals surface area contributed by atoms with E-state index in [1.807, 2.05) is 0 Å². The lowest BCUT2D eigenvalue weighted by atomic mass is 10.1. The Bertz CT molecular complexity index is 953. The Morgan fingerprint density at radius 1 is 0.545 bits per heavy atom. The molecule has 0 amide bonds. The van der Waals surface area contributed by atoms with Gasteiger partial charge in [0, 0.05) is 11.4 Å². The van der Waals surface area contributed by atoms with Gasteiger partial charge in [0.15, 0.2) is 0 Å². The summed E-state index contributed by atoms with van der Waals surface area (Å²) >= 11 is 0. The Kier molecular flexibility index (Phi) is 2.43. The van der Waals surface area contributed by atoms with E-state index in [1.165, 1.54) is 43.3 Å². The highest BCUT2D eigenvalue weighted by Gasteiger charge is 2.19. The number of hydrogen-bond donors (Lipinski definition) is 1. The van der Waals surface area contributed by atoms with Gasteiger partial charge in [0.2, 0.25) is 0 Å². The van der Waals surface area contributed by atoms with Gasteiger partial charge in [0.05, 0.1) is 0 Å². The molecule has 2 radical (unpaired) electrons. The lowest BCUT2D eigenvalue weighted by Crippen LogP contribution is -2.36. The summed E-state index contributed by atoms with van der Waals surface area (Å²) in [5.41, 5.74) is 2.50. The summed E-state index contributed by atoms with van der Waals surface area (Å²) in [5.74, 6) is 0. The quantitative estimate of drug-likeness (QED) is 0.430. The van der Waals surface area contributed by atoms with Gasteiger partial charge >= 0.3 is 0 Å². The van der Waals surface area contributed by atoms with E-state index < -0.39 is 0 Å². The maximum Gasteiger partial charge on any atom is 0.128 e. The highest BCUT2D eigenvalue weighted by Crippen LogP contribution is 2.25. The van der Waals surface area contributed by atoms with Gasteiger partial charge in [-0.3, -0.25) is 0 Å². The number of fused-ring (bicyclic) bond motifs is 6. The third kappa shape index (κ3) is 1.65. The van der Waals surface area contributed by atoms with Crippen molar-refractivity contribution in [2.75, 3.05) is 5.32 Å². The summed E-state index contributed by atoms with van der Waals surface area (Å²) in [6.07, 6.45) is 0. The van der Waals surface area contributed by atoms with E-state index in [9.17, 15) is 0 Å². The number of benzene rings is 4. The fraction of sp³-hybridized carbons (Fsp3) is 0. The monoisotopic (exact) mass is 295 g/mol. The van der Waals surface area contributed by atoms with Crippen LogP contribution in [0.15, 0.2) is 72.8 Å². The van der Waals surface area contributed by atoms with Crippen LogP contribution in [0.3, 0.4) is 0 Å². The Labute approximate surface area is 131 Å². The van der Waals surface area contributed by atoms with Crippen molar-refractivity contribution in [2.24, 2.45) is 0 Å². The SMILES string of the molecule is c1ccc2c3c(ccc2c1)Nc1ccc2ccccc2c1[Si]3. The second kappa shape index (κ2) is 4.45. The van der Waals surface area contributed by atoms with Crippen molar-refractivity contribution < 1.29 is 0 Å². The molecule has 1 aliphatic heterocycles. The molecule has 0 saturated heterocycles. The molecule has 4 aromatic rings. The van der Waals surface area contributed by atoms with Gasteiger partial charge in [0.25, 0.3) is 0 Å². The zero-order valence-corrected chi connectivity index (χ0v) is 12.9. The van der Waals surface area contributed by atoms with Gasteiger partial charge in [-0.05, 0) is 44.1 Å². The van der Waals surface area contributed by atoms with E-state index in [2.05, 4.69) is 78.1 Å². The maximum atomic E-state index is 3.63. The Morgan fingerprint density at radius 3 is 1.59 bits per heavy atom. The molecule has 1 aliphatic rings. The molecule has 4 aromatic carbocycles. The molecule has 0 fully saturated rings. The third-order valence-corrected chi connectivity index (χ3v) is 5.95. The second-order valence-corrected chi connectivity index (χ2v) is 6.92. The van der Waals surface area contributed by atoms with Crippen molar-refractivity contribution in [1.29, 1.82) is 0 Å². The van der Waals surface area contributed by atoms with Crippen molar-refractivity contribution in [3.05, 3.63) is 72.8 Å². The molecule has 1 nitrogen and oxygen atoms in total. The topological polar surface area (TPSA) is 12.0 Å². The summed E-state index contributed by atoms with van der Waals surface area (Å²) in [7, 11) is 0.689. The standard InChI is InChI=1S/C20H13NSi/c1-3-7-15-13(5-1)9-11-17-19(15)22-20-16-8-4-2-6-14(16)10-12-18(20)21-17/h1-12,21H. The minimum atomic E-state index is 0.689. The van der Waals surface area contributed by atoms with Crippen LogP contribution >= 0.6 is 0 Å². The van der Waals surface area contributed by atoms with Crippen molar-refractivity contribution in [1.82, 2.24) is 0 Å². The molecule has 1 N–H and O–H groups in total. The first kappa shape index (κ1) is 12.0. The normalized spacial score (nSPS) is 12.7. The largest absolute Gasteiger partial charge is 0.356 e. The molecule has 5 rings (SSSR count). The van der Waals surface area contributed by atoms with Crippen molar-refractivity contribution in [2.45, 2.75) is 0 Å². The van der Waals surface area contributed by atoms with Crippen LogP contribution in [0, 0.1) is 0 Å².